The molecule has 0 aromatic carbocycles. The Morgan fingerprint density at radius 1 is 1.16 bits per heavy atom. The van der Waals surface area contributed by atoms with E-state index < -0.39 is 0 Å². The lowest BCUT2D eigenvalue weighted by atomic mass is 10.0. The van der Waals surface area contributed by atoms with Crippen LogP contribution in [-0.4, -0.2) is 67.6 Å². The second-order valence-corrected chi connectivity index (χ2v) is 6.24. The van der Waals surface area contributed by atoms with Crippen LogP contribution in [0.2, 0.25) is 0 Å². The molecule has 3 fully saturated rings. The first kappa shape index (κ1) is 13.5. The second-order valence-electron chi connectivity index (χ2n) is 6.24. The Kier molecular flexibility index (Phi) is 4.51. The van der Waals surface area contributed by atoms with E-state index in [9.17, 15) is 4.79 Å². The van der Waals surface area contributed by atoms with Gasteiger partial charge in [0.05, 0.1) is 13.2 Å². The van der Waals surface area contributed by atoms with Crippen molar-refractivity contribution in [2.45, 2.75) is 38.1 Å². The summed E-state index contributed by atoms with van der Waals surface area (Å²) in [7, 11) is 0. The quantitative estimate of drug-likeness (QED) is 0.764. The zero-order valence-electron chi connectivity index (χ0n) is 11.9. The Morgan fingerprint density at radius 3 is 2.74 bits per heavy atom. The first-order valence-electron chi connectivity index (χ1n) is 7.90. The lowest BCUT2D eigenvalue weighted by molar-refractivity contribution is -0.120. The fourth-order valence-corrected chi connectivity index (χ4v) is 3.79. The maximum absolute atomic E-state index is 11.7. The van der Waals surface area contributed by atoms with Gasteiger partial charge < -0.3 is 9.64 Å². The highest BCUT2D eigenvalue weighted by molar-refractivity contribution is 5.82. The number of carbonyl (C=O) groups is 1. The first-order valence-corrected chi connectivity index (χ1v) is 7.90. The molecular weight excluding hydrogens is 240 g/mol. The molecule has 4 nitrogen and oxygen atoms in total. The summed E-state index contributed by atoms with van der Waals surface area (Å²) in [5.41, 5.74) is 0. The van der Waals surface area contributed by atoms with E-state index in [0.717, 1.165) is 64.6 Å². The van der Waals surface area contributed by atoms with Gasteiger partial charge >= 0.3 is 0 Å². The van der Waals surface area contributed by atoms with Gasteiger partial charge in [-0.3, -0.25) is 9.69 Å². The third-order valence-electron chi connectivity index (χ3n) is 5.03. The van der Waals surface area contributed by atoms with Crippen molar-refractivity contribution in [1.82, 2.24) is 9.80 Å². The normalized spacial score (nSPS) is 34.2. The van der Waals surface area contributed by atoms with Gasteiger partial charge in [-0.25, -0.2) is 0 Å². The highest BCUT2D eigenvalue weighted by Crippen LogP contribution is 2.25. The van der Waals surface area contributed by atoms with Gasteiger partial charge in [0.2, 0.25) is 0 Å². The van der Waals surface area contributed by atoms with Crippen molar-refractivity contribution in [2.75, 3.05) is 45.9 Å². The molecule has 2 heterocycles. The molecule has 2 atom stereocenters. The van der Waals surface area contributed by atoms with Crippen molar-refractivity contribution in [1.29, 1.82) is 0 Å². The Morgan fingerprint density at radius 2 is 2.00 bits per heavy atom. The van der Waals surface area contributed by atoms with Crippen LogP contribution in [0.15, 0.2) is 0 Å². The van der Waals surface area contributed by atoms with Gasteiger partial charge in [-0.1, -0.05) is 0 Å². The molecule has 2 aliphatic heterocycles. The van der Waals surface area contributed by atoms with Crippen LogP contribution in [-0.2, 0) is 9.53 Å². The number of likely N-dealkylation sites (tertiary alicyclic amines) is 1. The lowest BCUT2D eigenvalue weighted by Crippen LogP contribution is -2.44. The van der Waals surface area contributed by atoms with Crippen LogP contribution in [0.5, 0.6) is 0 Å². The van der Waals surface area contributed by atoms with Gasteiger partial charge in [0, 0.05) is 38.0 Å². The molecule has 2 saturated heterocycles. The fourth-order valence-electron chi connectivity index (χ4n) is 3.79. The van der Waals surface area contributed by atoms with E-state index in [2.05, 4.69) is 9.80 Å². The second kappa shape index (κ2) is 6.33. The molecule has 1 aliphatic carbocycles. The van der Waals surface area contributed by atoms with Crippen molar-refractivity contribution in [3.63, 3.8) is 0 Å². The summed E-state index contributed by atoms with van der Waals surface area (Å²) < 4.78 is 5.42. The van der Waals surface area contributed by atoms with Gasteiger partial charge in [-0.15, -0.1) is 0 Å². The van der Waals surface area contributed by atoms with Crippen molar-refractivity contribution >= 4 is 5.78 Å². The Hall–Kier alpha value is -0.450. The molecule has 0 amide bonds. The summed E-state index contributed by atoms with van der Waals surface area (Å²) in [5, 5.41) is 0. The number of nitrogens with zero attached hydrogens (tertiary/aromatic N) is 2. The van der Waals surface area contributed by atoms with Gasteiger partial charge in [-0.05, 0) is 38.8 Å². The number of rotatable bonds is 4. The zero-order valence-corrected chi connectivity index (χ0v) is 11.9. The predicted molar refractivity (Wildman–Crippen MR) is 74.2 cm³/mol. The maximum Gasteiger partial charge on any atom is 0.136 e. The number of hydrogen-bond donors (Lipinski definition) is 0. The molecule has 0 bridgehead atoms. The van der Waals surface area contributed by atoms with E-state index in [1.165, 1.54) is 19.5 Å². The van der Waals surface area contributed by atoms with Crippen molar-refractivity contribution in [3.8, 4) is 0 Å². The molecule has 2 unspecified atom stereocenters. The van der Waals surface area contributed by atoms with Crippen LogP contribution in [0, 0.1) is 5.92 Å². The van der Waals surface area contributed by atoms with Gasteiger partial charge in [0.15, 0.2) is 0 Å². The molecule has 3 aliphatic rings. The van der Waals surface area contributed by atoms with Crippen LogP contribution in [0.25, 0.3) is 0 Å². The maximum atomic E-state index is 11.7. The molecule has 19 heavy (non-hydrogen) atoms. The number of carbonyl (C=O) groups excluding carboxylic acids is 1. The monoisotopic (exact) mass is 266 g/mol. The van der Waals surface area contributed by atoms with Crippen molar-refractivity contribution in [2.24, 2.45) is 5.92 Å². The molecule has 3 rings (SSSR count). The minimum atomic E-state index is 0.377. The Balaban J connectivity index is 1.40. The molecule has 108 valence electrons. The average Bonchev–Trinajstić information content (AvgIpc) is 3.06. The summed E-state index contributed by atoms with van der Waals surface area (Å²) in [6.07, 6.45) is 5.48. The van der Waals surface area contributed by atoms with Crippen molar-refractivity contribution < 1.29 is 9.53 Å². The van der Waals surface area contributed by atoms with Gasteiger partial charge in [-0.2, -0.15) is 0 Å². The van der Waals surface area contributed by atoms with E-state index in [1.54, 1.807) is 0 Å². The third-order valence-corrected chi connectivity index (χ3v) is 5.03. The molecule has 0 aromatic rings. The van der Waals surface area contributed by atoms with Gasteiger partial charge in [0.25, 0.3) is 0 Å². The number of morpholine rings is 1. The van der Waals surface area contributed by atoms with E-state index >= 15 is 0 Å². The average molecular weight is 266 g/mol. The molecule has 0 spiro atoms. The van der Waals surface area contributed by atoms with Gasteiger partial charge in [0.1, 0.15) is 5.78 Å². The molecule has 4 heteroatoms. The molecule has 0 radical (unpaired) electrons. The summed E-state index contributed by atoms with van der Waals surface area (Å²) in [5.74, 6) is 0.895. The molecule has 1 saturated carbocycles. The summed E-state index contributed by atoms with van der Waals surface area (Å²) in [6, 6.07) is 0.725. The lowest BCUT2D eigenvalue weighted by Gasteiger charge is -2.32. The fraction of sp³-hybridized carbons (Fsp3) is 0.933. The molecule has 0 N–H and O–H groups in total. The minimum Gasteiger partial charge on any atom is -0.379 e. The van der Waals surface area contributed by atoms with E-state index in [1.807, 2.05) is 0 Å². The number of Topliss-reactive ketones (excluding diaryl/α,β-unsaturated/α-hetero) is 1. The predicted octanol–water partition coefficient (Wildman–Crippen LogP) is 1.15. The number of ketones is 1. The van der Waals surface area contributed by atoms with E-state index in [4.69, 9.17) is 4.74 Å². The van der Waals surface area contributed by atoms with Crippen LogP contribution < -0.4 is 0 Å². The number of ether oxygens (including phenoxy) is 1. The number of hydrogen-bond acceptors (Lipinski definition) is 4. The zero-order chi connectivity index (χ0) is 13.1. The minimum absolute atomic E-state index is 0.377. The van der Waals surface area contributed by atoms with E-state index in [0.29, 0.717) is 11.7 Å². The topological polar surface area (TPSA) is 32.8 Å². The van der Waals surface area contributed by atoms with Crippen LogP contribution in [0.4, 0.5) is 0 Å². The molecular formula is C15H26N2O2. The highest BCUT2D eigenvalue weighted by atomic mass is 16.5. The smallest absolute Gasteiger partial charge is 0.136 e. The third kappa shape index (κ3) is 3.36. The summed E-state index contributed by atoms with van der Waals surface area (Å²) >= 11 is 0. The van der Waals surface area contributed by atoms with Crippen LogP contribution >= 0.6 is 0 Å². The van der Waals surface area contributed by atoms with E-state index in [-0.39, 0.29) is 0 Å². The van der Waals surface area contributed by atoms with Crippen LogP contribution in [0.1, 0.15) is 32.1 Å². The SMILES string of the molecule is O=C1CCCC1CCN1CCC(N2CCOCC2)C1. The largest absolute Gasteiger partial charge is 0.379 e. The Bertz CT molecular complexity index is 315. The molecule has 0 aromatic heterocycles. The van der Waals surface area contributed by atoms with Crippen LogP contribution in [0.3, 0.4) is 0 Å². The highest BCUT2D eigenvalue weighted by Gasteiger charge is 2.30. The standard InChI is InChI=1S/C15H26N2O2/c18-15-3-1-2-13(15)4-6-16-7-5-14(12-16)17-8-10-19-11-9-17/h13-14H,1-12H2. The van der Waals surface area contributed by atoms with Crippen molar-refractivity contribution in [3.05, 3.63) is 0 Å². The first-order chi connectivity index (χ1) is 9.33. The summed E-state index contributed by atoms with van der Waals surface area (Å²) in [4.78, 5) is 16.8. The Labute approximate surface area is 116 Å². The summed E-state index contributed by atoms with van der Waals surface area (Å²) in [6.45, 7) is 7.51.